The fraction of sp³-hybridized carbons (Fsp3) is 0.481. The molecule has 12 nitrogen and oxygen atoms in total. The fourth-order valence-electron chi connectivity index (χ4n) is 4.99. The van der Waals surface area contributed by atoms with Crippen molar-refractivity contribution in [2.75, 3.05) is 69.6 Å². The molecule has 5 rings (SSSR count). The number of hydrogen-bond acceptors (Lipinski definition) is 10. The Labute approximate surface area is 257 Å². The number of halogens is 2. The summed E-state index contributed by atoms with van der Waals surface area (Å²) >= 11 is 13.4. The highest BCUT2D eigenvalue weighted by Crippen LogP contribution is 2.34. The third-order valence-corrected chi connectivity index (χ3v) is 9.57. The molecule has 3 aromatic rings. The molecule has 2 aliphatic rings. The second-order valence-corrected chi connectivity index (χ2v) is 12.3. The molecule has 5 heterocycles. The number of amides is 1. The average molecular weight is 635 g/mol. The first kappa shape index (κ1) is 30.4. The van der Waals surface area contributed by atoms with Crippen molar-refractivity contribution in [1.82, 2.24) is 29.7 Å². The molecule has 2 saturated heterocycles. The van der Waals surface area contributed by atoms with Crippen LogP contribution in [0.5, 0.6) is 0 Å². The Bertz CT molecular complexity index is 1480. The van der Waals surface area contributed by atoms with Crippen LogP contribution in [0.2, 0.25) is 10.0 Å². The Kier molecular flexibility index (Phi) is 9.43. The van der Waals surface area contributed by atoms with E-state index in [-0.39, 0.29) is 27.2 Å². The molecule has 0 unspecified atom stereocenters. The quantitative estimate of drug-likeness (QED) is 0.333. The number of carbonyl (C=O) groups excluding carboxylic acids is 1. The van der Waals surface area contributed by atoms with Gasteiger partial charge in [-0.05, 0) is 14.0 Å². The van der Waals surface area contributed by atoms with Crippen molar-refractivity contribution in [2.24, 2.45) is 10.9 Å². The molecular weight excluding hydrogens is 601 g/mol. The smallest absolute Gasteiger partial charge is 0.348 e. The summed E-state index contributed by atoms with van der Waals surface area (Å²) in [5.41, 5.74) is 2.21. The number of aliphatic imine (C=N–C) groups is 1. The van der Waals surface area contributed by atoms with Crippen molar-refractivity contribution in [3.05, 3.63) is 38.7 Å². The highest BCUT2D eigenvalue weighted by atomic mass is 35.5. The molecule has 1 amide bonds. The summed E-state index contributed by atoms with van der Waals surface area (Å²) < 4.78 is 0. The standard InChI is InChI=1S/C27H33Cl2N9O3S/c1-15-14-38(6-4-17(15)34-25(39)23-21(29)20(28)16(2)33-23)27-35-22(24(42-27)26(40)41)18-12-32-19(13-31-18)30-5-7-37-10-8-36(3)9-11-37/h12-13,15,33H,4-11,14H2,1-3H3,(H,30,32)(H,40,41)/b34-17-/t15-/m0/s1. The molecular formula is C27H33Cl2N9O3S. The maximum Gasteiger partial charge on any atom is 0.348 e. The van der Waals surface area contributed by atoms with Gasteiger partial charge in [-0.25, -0.2) is 24.7 Å². The fourth-order valence-corrected chi connectivity index (χ4v) is 6.35. The Morgan fingerprint density at radius 2 is 1.93 bits per heavy atom. The van der Waals surface area contributed by atoms with E-state index in [0.29, 0.717) is 46.9 Å². The maximum atomic E-state index is 12.8. The number of anilines is 2. The van der Waals surface area contributed by atoms with Gasteiger partial charge in [-0.3, -0.25) is 9.69 Å². The number of hydrogen-bond donors (Lipinski definition) is 3. The SMILES string of the molecule is Cc1[nH]c(C(=O)/N=C2/CCN(c3nc(-c4cnc(NCCN5CCN(C)CC5)cn4)c(C(=O)O)s3)C[C@@H]2C)c(Cl)c1Cl. The molecule has 42 heavy (non-hydrogen) atoms. The number of carboxylic acid groups (broad SMARTS) is 1. The van der Waals surface area contributed by atoms with E-state index in [4.69, 9.17) is 23.2 Å². The minimum Gasteiger partial charge on any atom is -0.477 e. The molecule has 1 atom stereocenters. The van der Waals surface area contributed by atoms with E-state index < -0.39 is 11.9 Å². The maximum absolute atomic E-state index is 12.8. The largest absolute Gasteiger partial charge is 0.477 e. The molecule has 3 N–H and O–H groups in total. The Morgan fingerprint density at radius 1 is 1.17 bits per heavy atom. The van der Waals surface area contributed by atoms with Gasteiger partial charge < -0.3 is 25.2 Å². The summed E-state index contributed by atoms with van der Waals surface area (Å²) in [6.45, 7) is 10.7. The van der Waals surface area contributed by atoms with E-state index in [1.165, 1.54) is 0 Å². The number of likely N-dealkylation sites (N-methyl/N-ethyl adjacent to an activating group) is 1. The number of nitrogens with zero attached hydrogens (tertiary/aromatic N) is 7. The monoisotopic (exact) mass is 633 g/mol. The van der Waals surface area contributed by atoms with E-state index in [0.717, 1.165) is 56.3 Å². The van der Waals surface area contributed by atoms with Crippen LogP contribution in [0.15, 0.2) is 17.4 Å². The van der Waals surface area contributed by atoms with Crippen LogP contribution in [-0.4, -0.2) is 112 Å². The van der Waals surface area contributed by atoms with Gasteiger partial charge in [0.15, 0.2) is 5.13 Å². The number of carboxylic acids is 1. The van der Waals surface area contributed by atoms with Crippen molar-refractivity contribution in [3.8, 4) is 11.4 Å². The molecule has 2 aliphatic heterocycles. The first-order valence-corrected chi connectivity index (χ1v) is 15.3. The summed E-state index contributed by atoms with van der Waals surface area (Å²) in [5, 5.41) is 14.2. The van der Waals surface area contributed by atoms with Crippen LogP contribution in [0.25, 0.3) is 11.4 Å². The molecule has 2 fully saturated rings. The van der Waals surface area contributed by atoms with Crippen LogP contribution < -0.4 is 10.2 Å². The third kappa shape index (κ3) is 6.76. The van der Waals surface area contributed by atoms with Crippen LogP contribution in [-0.2, 0) is 0 Å². The lowest BCUT2D eigenvalue weighted by Crippen LogP contribution is -2.45. The molecule has 0 aliphatic carbocycles. The lowest BCUT2D eigenvalue weighted by molar-refractivity contribution is 0.0702. The number of rotatable bonds is 8. The molecule has 0 aromatic carbocycles. The van der Waals surface area contributed by atoms with Gasteiger partial charge in [0.25, 0.3) is 5.91 Å². The van der Waals surface area contributed by atoms with Crippen molar-refractivity contribution in [3.63, 3.8) is 0 Å². The molecule has 3 aromatic heterocycles. The van der Waals surface area contributed by atoms with Crippen molar-refractivity contribution in [2.45, 2.75) is 20.3 Å². The summed E-state index contributed by atoms with van der Waals surface area (Å²) in [4.78, 5) is 52.5. The third-order valence-electron chi connectivity index (χ3n) is 7.52. The van der Waals surface area contributed by atoms with E-state index in [9.17, 15) is 14.7 Å². The first-order valence-electron chi connectivity index (χ1n) is 13.7. The number of thiazole rings is 1. The summed E-state index contributed by atoms with van der Waals surface area (Å²) in [6, 6.07) is 0. The Hall–Kier alpha value is -3.10. The van der Waals surface area contributed by atoms with E-state index in [1.54, 1.807) is 19.3 Å². The lowest BCUT2D eigenvalue weighted by atomic mass is 9.97. The summed E-state index contributed by atoms with van der Waals surface area (Å²) in [6.07, 6.45) is 3.68. The first-order chi connectivity index (χ1) is 20.1. The molecule has 224 valence electrons. The van der Waals surface area contributed by atoms with Crippen molar-refractivity contribution in [1.29, 1.82) is 0 Å². The Balaban J connectivity index is 1.23. The van der Waals surface area contributed by atoms with Gasteiger partial charge in [0.2, 0.25) is 0 Å². The van der Waals surface area contributed by atoms with Crippen LogP contribution in [0, 0.1) is 12.8 Å². The van der Waals surface area contributed by atoms with Crippen LogP contribution in [0.4, 0.5) is 10.9 Å². The summed E-state index contributed by atoms with van der Waals surface area (Å²) in [5.74, 6) is -0.973. The van der Waals surface area contributed by atoms with Gasteiger partial charge in [-0.2, -0.15) is 0 Å². The van der Waals surface area contributed by atoms with E-state index >= 15 is 0 Å². The molecule has 0 bridgehead atoms. The van der Waals surface area contributed by atoms with Crippen molar-refractivity contribution < 1.29 is 14.7 Å². The zero-order valence-electron chi connectivity index (χ0n) is 23.7. The van der Waals surface area contributed by atoms with Gasteiger partial charge in [0.05, 0.1) is 22.4 Å². The van der Waals surface area contributed by atoms with Crippen LogP contribution in [0.1, 0.15) is 39.2 Å². The zero-order valence-corrected chi connectivity index (χ0v) is 26.0. The number of piperazine rings is 1. The Morgan fingerprint density at radius 3 is 2.55 bits per heavy atom. The highest BCUT2D eigenvalue weighted by molar-refractivity contribution is 7.17. The van der Waals surface area contributed by atoms with Gasteiger partial charge in [-0.15, -0.1) is 0 Å². The molecule has 0 radical (unpaired) electrons. The van der Waals surface area contributed by atoms with Crippen LogP contribution >= 0.6 is 34.5 Å². The predicted octanol–water partition coefficient (Wildman–Crippen LogP) is 4.03. The molecule has 0 saturated carbocycles. The van der Waals surface area contributed by atoms with Gasteiger partial charge >= 0.3 is 5.97 Å². The molecule has 15 heteroatoms. The number of aromatic nitrogens is 4. The average Bonchev–Trinajstić information content (AvgIpc) is 3.53. The van der Waals surface area contributed by atoms with Gasteiger partial charge in [-0.1, -0.05) is 41.5 Å². The van der Waals surface area contributed by atoms with E-state index in [1.807, 2.05) is 11.8 Å². The number of nitrogens with one attached hydrogen (secondary N) is 2. The van der Waals surface area contributed by atoms with Crippen LogP contribution in [0.3, 0.4) is 0 Å². The zero-order chi connectivity index (χ0) is 30.0. The lowest BCUT2D eigenvalue weighted by Gasteiger charge is -2.32. The second-order valence-electron chi connectivity index (χ2n) is 10.6. The molecule has 0 spiro atoms. The highest BCUT2D eigenvalue weighted by Gasteiger charge is 2.29. The predicted molar refractivity (Wildman–Crippen MR) is 166 cm³/mol. The topological polar surface area (TPSA) is 143 Å². The number of H-pyrrole nitrogens is 1. The minimum absolute atomic E-state index is 0.0652. The van der Waals surface area contributed by atoms with Crippen molar-refractivity contribution >= 4 is 63.1 Å². The normalized spacial score (nSPS) is 19.4. The number of piperidine rings is 1. The number of aryl methyl sites for hydroxylation is 1. The number of carbonyl (C=O) groups is 2. The second kappa shape index (κ2) is 13.0. The minimum atomic E-state index is -1.07. The number of aromatic amines is 1. The number of aromatic carboxylic acids is 1. The van der Waals surface area contributed by atoms with E-state index in [2.05, 4.69) is 47.1 Å². The van der Waals surface area contributed by atoms with Gasteiger partial charge in [0.1, 0.15) is 27.8 Å². The summed E-state index contributed by atoms with van der Waals surface area (Å²) in [7, 11) is 2.14. The van der Waals surface area contributed by atoms with Gasteiger partial charge in [0, 0.05) is 76.1 Å².